The van der Waals surface area contributed by atoms with E-state index in [1.54, 1.807) is 45.9 Å². The molecule has 1 atom stereocenters. The smallest absolute Gasteiger partial charge is 0.265 e. The van der Waals surface area contributed by atoms with Crippen molar-refractivity contribution in [3.05, 3.63) is 48.0 Å². The van der Waals surface area contributed by atoms with Crippen molar-refractivity contribution in [2.24, 2.45) is 0 Å². The van der Waals surface area contributed by atoms with E-state index in [9.17, 15) is 18.0 Å². The highest BCUT2D eigenvalue weighted by Crippen LogP contribution is 2.32. The van der Waals surface area contributed by atoms with Gasteiger partial charge in [0.05, 0.1) is 10.6 Å². The van der Waals surface area contributed by atoms with E-state index in [0.29, 0.717) is 17.1 Å². The van der Waals surface area contributed by atoms with Gasteiger partial charge < -0.3 is 15.4 Å². The molecule has 2 amide bonds. The third-order valence-electron chi connectivity index (χ3n) is 4.02. The number of anilines is 2. The normalized spacial score (nSPS) is 16.4. The van der Waals surface area contributed by atoms with Crippen molar-refractivity contribution in [2.45, 2.75) is 44.2 Å². The molecule has 3 rings (SSSR count). The highest BCUT2D eigenvalue weighted by atomic mass is 32.2. The maximum atomic E-state index is 12.6. The number of nitrogens with one attached hydrogen (secondary N) is 3. The van der Waals surface area contributed by atoms with E-state index in [1.165, 1.54) is 24.3 Å². The highest BCUT2D eigenvalue weighted by Gasteiger charge is 2.25. The standard InChI is InChI=1S/C20H23N3O5S/c1-12-18(24)22-16-11-14(8-9-17(16)28-12)21-19(25)13-6-5-7-15(10-13)29(26,27)23-20(2,3)4/h5-12,23H,1-4H3,(H,21,25)(H,22,24)/t12-/m0/s1. The van der Waals surface area contributed by atoms with Crippen LogP contribution in [-0.2, 0) is 14.8 Å². The molecule has 2 aromatic carbocycles. The number of carbonyl (C=O) groups excluding carboxylic acids is 2. The second kappa shape index (κ2) is 7.49. The number of fused-ring (bicyclic) bond motifs is 1. The molecule has 9 heteroatoms. The minimum atomic E-state index is -3.76. The summed E-state index contributed by atoms with van der Waals surface area (Å²) in [5, 5.41) is 5.41. The molecular formula is C20H23N3O5S. The van der Waals surface area contributed by atoms with E-state index < -0.39 is 27.6 Å². The van der Waals surface area contributed by atoms with Crippen LogP contribution in [0.2, 0.25) is 0 Å². The molecule has 1 aliphatic heterocycles. The Kier molecular flexibility index (Phi) is 5.38. The van der Waals surface area contributed by atoms with Crippen LogP contribution in [0.3, 0.4) is 0 Å². The fourth-order valence-electron chi connectivity index (χ4n) is 2.76. The number of hydrogen-bond acceptors (Lipinski definition) is 5. The van der Waals surface area contributed by atoms with Crippen LogP contribution in [0, 0.1) is 0 Å². The Morgan fingerprint density at radius 3 is 2.55 bits per heavy atom. The Balaban J connectivity index is 1.80. The van der Waals surface area contributed by atoms with Gasteiger partial charge in [-0.1, -0.05) is 6.07 Å². The molecule has 0 fully saturated rings. The lowest BCUT2D eigenvalue weighted by Gasteiger charge is -2.23. The second-order valence-electron chi connectivity index (χ2n) is 7.80. The summed E-state index contributed by atoms with van der Waals surface area (Å²) in [6.07, 6.45) is -0.589. The molecule has 0 spiro atoms. The number of hydrogen-bond donors (Lipinski definition) is 3. The average Bonchev–Trinajstić information content (AvgIpc) is 2.61. The maximum absolute atomic E-state index is 12.6. The summed E-state index contributed by atoms with van der Waals surface area (Å²) in [5.41, 5.74) is 0.433. The Labute approximate surface area is 169 Å². The number of amides is 2. The van der Waals surface area contributed by atoms with Gasteiger partial charge in [0.25, 0.3) is 11.8 Å². The molecule has 0 saturated carbocycles. The zero-order valence-electron chi connectivity index (χ0n) is 16.6. The van der Waals surface area contributed by atoms with E-state index in [4.69, 9.17) is 4.74 Å². The lowest BCUT2D eigenvalue weighted by molar-refractivity contribution is -0.122. The maximum Gasteiger partial charge on any atom is 0.265 e. The van der Waals surface area contributed by atoms with Crippen molar-refractivity contribution in [2.75, 3.05) is 10.6 Å². The molecule has 0 radical (unpaired) electrons. The van der Waals surface area contributed by atoms with Gasteiger partial charge in [-0.15, -0.1) is 0 Å². The van der Waals surface area contributed by atoms with Crippen LogP contribution in [-0.4, -0.2) is 31.9 Å². The van der Waals surface area contributed by atoms with Crippen LogP contribution in [0.5, 0.6) is 5.75 Å². The summed E-state index contributed by atoms with van der Waals surface area (Å²) in [7, 11) is -3.76. The predicted octanol–water partition coefficient (Wildman–Crippen LogP) is 2.74. The van der Waals surface area contributed by atoms with Crippen LogP contribution in [0.15, 0.2) is 47.4 Å². The summed E-state index contributed by atoms with van der Waals surface area (Å²) in [5.74, 6) is -0.240. The summed E-state index contributed by atoms with van der Waals surface area (Å²) >= 11 is 0. The van der Waals surface area contributed by atoms with Gasteiger partial charge in [0, 0.05) is 16.8 Å². The van der Waals surface area contributed by atoms with Crippen molar-refractivity contribution >= 4 is 33.2 Å². The van der Waals surface area contributed by atoms with Crippen molar-refractivity contribution in [3.63, 3.8) is 0 Å². The third kappa shape index (κ3) is 4.93. The van der Waals surface area contributed by atoms with Gasteiger partial charge in [-0.2, -0.15) is 0 Å². The van der Waals surface area contributed by atoms with Crippen molar-refractivity contribution in [3.8, 4) is 5.75 Å². The number of benzene rings is 2. The largest absolute Gasteiger partial charge is 0.479 e. The summed E-state index contributed by atoms with van der Waals surface area (Å²) < 4.78 is 33.0. The molecular weight excluding hydrogens is 394 g/mol. The molecule has 2 aromatic rings. The SMILES string of the molecule is C[C@@H]1Oc2ccc(NC(=O)c3cccc(S(=O)(=O)NC(C)(C)C)c3)cc2NC1=O. The Morgan fingerprint density at radius 1 is 1.14 bits per heavy atom. The van der Waals surface area contributed by atoms with Crippen molar-refractivity contribution in [1.29, 1.82) is 0 Å². The molecule has 154 valence electrons. The first-order valence-corrected chi connectivity index (χ1v) is 10.5. The lowest BCUT2D eigenvalue weighted by Crippen LogP contribution is -2.40. The van der Waals surface area contributed by atoms with Crippen LogP contribution in [0.1, 0.15) is 38.1 Å². The van der Waals surface area contributed by atoms with Crippen molar-refractivity contribution < 1.29 is 22.7 Å². The van der Waals surface area contributed by atoms with E-state index in [0.717, 1.165) is 0 Å². The average molecular weight is 417 g/mol. The number of carbonyl (C=O) groups is 2. The highest BCUT2D eigenvalue weighted by molar-refractivity contribution is 7.89. The van der Waals surface area contributed by atoms with Gasteiger partial charge >= 0.3 is 0 Å². The van der Waals surface area contributed by atoms with Crippen LogP contribution < -0.4 is 20.1 Å². The minimum Gasteiger partial charge on any atom is -0.479 e. The van der Waals surface area contributed by atoms with Gasteiger partial charge in [-0.3, -0.25) is 9.59 Å². The molecule has 0 unspecified atom stereocenters. The first-order chi connectivity index (χ1) is 13.4. The molecule has 0 aliphatic carbocycles. The van der Waals surface area contributed by atoms with Crippen LogP contribution in [0.4, 0.5) is 11.4 Å². The molecule has 3 N–H and O–H groups in total. The topological polar surface area (TPSA) is 114 Å². The van der Waals surface area contributed by atoms with Gasteiger partial charge in [0.2, 0.25) is 10.0 Å². The summed E-state index contributed by atoms with van der Waals surface area (Å²) in [6, 6.07) is 10.6. The van der Waals surface area contributed by atoms with Gasteiger partial charge in [-0.05, 0) is 64.1 Å². The van der Waals surface area contributed by atoms with Crippen molar-refractivity contribution in [1.82, 2.24) is 4.72 Å². The number of ether oxygens (including phenoxy) is 1. The molecule has 1 heterocycles. The molecule has 0 aromatic heterocycles. The Morgan fingerprint density at radius 2 is 1.86 bits per heavy atom. The second-order valence-corrected chi connectivity index (χ2v) is 9.48. The third-order valence-corrected chi connectivity index (χ3v) is 5.77. The monoisotopic (exact) mass is 417 g/mol. The van der Waals surface area contributed by atoms with E-state index in [1.807, 2.05) is 0 Å². The van der Waals surface area contributed by atoms with Gasteiger partial charge in [0.1, 0.15) is 5.75 Å². The zero-order valence-corrected chi connectivity index (χ0v) is 17.4. The summed E-state index contributed by atoms with van der Waals surface area (Å²) in [6.45, 7) is 6.85. The van der Waals surface area contributed by atoms with Gasteiger partial charge in [-0.25, -0.2) is 13.1 Å². The molecule has 29 heavy (non-hydrogen) atoms. The van der Waals surface area contributed by atoms with E-state index in [-0.39, 0.29) is 16.4 Å². The molecule has 1 aliphatic rings. The van der Waals surface area contributed by atoms with Crippen LogP contribution >= 0.6 is 0 Å². The Bertz CT molecular complexity index is 1070. The number of sulfonamides is 1. The first-order valence-electron chi connectivity index (χ1n) is 9.02. The van der Waals surface area contributed by atoms with Gasteiger partial charge in [0.15, 0.2) is 6.10 Å². The molecule has 0 bridgehead atoms. The predicted molar refractivity (Wildman–Crippen MR) is 110 cm³/mol. The lowest BCUT2D eigenvalue weighted by atomic mass is 10.1. The number of rotatable bonds is 4. The molecule has 0 saturated heterocycles. The fourth-order valence-corrected chi connectivity index (χ4v) is 4.22. The quantitative estimate of drug-likeness (QED) is 0.708. The fraction of sp³-hybridized carbons (Fsp3) is 0.300. The first kappa shape index (κ1) is 20.8. The zero-order chi connectivity index (χ0) is 21.4. The van der Waals surface area contributed by atoms with E-state index >= 15 is 0 Å². The molecule has 8 nitrogen and oxygen atoms in total. The van der Waals surface area contributed by atoms with E-state index in [2.05, 4.69) is 15.4 Å². The Hall–Kier alpha value is -2.91. The summed E-state index contributed by atoms with van der Waals surface area (Å²) in [4.78, 5) is 24.4. The van der Waals surface area contributed by atoms with Crippen LogP contribution in [0.25, 0.3) is 0 Å². The minimum absolute atomic E-state index is 0.000155.